The average molecular weight is 352 g/mol. The maximum Gasteiger partial charge on any atom is 0.123 e. The van der Waals surface area contributed by atoms with Crippen molar-refractivity contribution in [2.24, 2.45) is 0 Å². The van der Waals surface area contributed by atoms with Crippen molar-refractivity contribution in [3.8, 4) is 5.75 Å². The molecule has 1 unspecified atom stereocenters. The van der Waals surface area contributed by atoms with E-state index in [1.54, 1.807) is 19.2 Å². The molecule has 0 saturated carbocycles. The van der Waals surface area contributed by atoms with E-state index in [0.717, 1.165) is 34.2 Å². The molecule has 0 radical (unpaired) electrons. The van der Waals surface area contributed by atoms with Crippen LogP contribution >= 0.6 is 15.9 Å². The van der Waals surface area contributed by atoms with Crippen molar-refractivity contribution in [1.29, 1.82) is 0 Å². The zero-order valence-electron chi connectivity index (χ0n) is 12.2. The number of hydrogen-bond donors (Lipinski definition) is 1. The molecule has 4 heteroatoms. The Kier molecular flexibility index (Phi) is 5.76. The highest BCUT2D eigenvalue weighted by Crippen LogP contribution is 2.23. The molecule has 2 aromatic rings. The molecule has 21 heavy (non-hydrogen) atoms. The van der Waals surface area contributed by atoms with Crippen molar-refractivity contribution >= 4 is 15.9 Å². The second-order valence-electron chi connectivity index (χ2n) is 4.94. The molecule has 0 aromatic heterocycles. The van der Waals surface area contributed by atoms with Crippen molar-refractivity contribution in [2.45, 2.75) is 18.9 Å². The molecule has 0 aliphatic carbocycles. The zero-order chi connectivity index (χ0) is 15.2. The summed E-state index contributed by atoms with van der Waals surface area (Å²) < 4.78 is 19.7. The molecule has 1 atom stereocenters. The number of likely N-dealkylation sites (N-methyl/N-ethyl adjacent to an activating group) is 1. The van der Waals surface area contributed by atoms with E-state index in [1.807, 2.05) is 25.2 Å². The highest BCUT2D eigenvalue weighted by Gasteiger charge is 2.13. The summed E-state index contributed by atoms with van der Waals surface area (Å²) in [5, 5.41) is 3.30. The molecule has 1 N–H and O–H groups in total. The predicted octanol–water partition coefficient (Wildman–Crippen LogP) is 3.97. The lowest BCUT2D eigenvalue weighted by molar-refractivity contribution is 0.405. The van der Waals surface area contributed by atoms with Crippen molar-refractivity contribution in [3.63, 3.8) is 0 Å². The molecule has 0 amide bonds. The molecular weight excluding hydrogens is 333 g/mol. The zero-order valence-corrected chi connectivity index (χ0v) is 13.8. The summed E-state index contributed by atoms with van der Waals surface area (Å²) >= 11 is 3.48. The number of ether oxygens (including phenoxy) is 1. The lowest BCUT2D eigenvalue weighted by Gasteiger charge is -2.18. The van der Waals surface area contributed by atoms with Crippen LogP contribution in [0.25, 0.3) is 0 Å². The molecule has 0 aliphatic heterocycles. The number of benzene rings is 2. The third kappa shape index (κ3) is 4.29. The van der Waals surface area contributed by atoms with Crippen LogP contribution in [0.4, 0.5) is 4.39 Å². The van der Waals surface area contributed by atoms with Gasteiger partial charge in [0.1, 0.15) is 11.6 Å². The molecule has 0 spiro atoms. The van der Waals surface area contributed by atoms with E-state index in [-0.39, 0.29) is 11.9 Å². The van der Waals surface area contributed by atoms with Gasteiger partial charge in [0, 0.05) is 10.5 Å². The minimum absolute atomic E-state index is 0.208. The Morgan fingerprint density at radius 1 is 1.14 bits per heavy atom. The van der Waals surface area contributed by atoms with Crippen LogP contribution in [0, 0.1) is 5.82 Å². The number of hydrogen-bond acceptors (Lipinski definition) is 2. The van der Waals surface area contributed by atoms with Crippen LogP contribution in [0.5, 0.6) is 5.75 Å². The Morgan fingerprint density at radius 2 is 1.86 bits per heavy atom. The van der Waals surface area contributed by atoms with Gasteiger partial charge in [-0.3, -0.25) is 0 Å². The second-order valence-corrected chi connectivity index (χ2v) is 5.80. The van der Waals surface area contributed by atoms with Gasteiger partial charge < -0.3 is 10.1 Å². The van der Waals surface area contributed by atoms with Crippen LogP contribution in [0.15, 0.2) is 46.9 Å². The lowest BCUT2D eigenvalue weighted by atomic mass is 9.98. The first-order valence-electron chi connectivity index (χ1n) is 6.87. The maximum atomic E-state index is 13.4. The topological polar surface area (TPSA) is 21.3 Å². The van der Waals surface area contributed by atoms with Gasteiger partial charge in [-0.15, -0.1) is 0 Å². The SMILES string of the molecule is CNC(Cc1cc(F)ccc1Br)Cc1ccccc1OC. The highest BCUT2D eigenvalue weighted by atomic mass is 79.9. The summed E-state index contributed by atoms with van der Waals surface area (Å²) in [6.07, 6.45) is 1.57. The summed E-state index contributed by atoms with van der Waals surface area (Å²) in [6.45, 7) is 0. The summed E-state index contributed by atoms with van der Waals surface area (Å²) in [5.41, 5.74) is 2.11. The van der Waals surface area contributed by atoms with Crippen molar-refractivity contribution in [3.05, 3.63) is 63.9 Å². The van der Waals surface area contributed by atoms with Gasteiger partial charge in [-0.1, -0.05) is 34.1 Å². The summed E-state index contributed by atoms with van der Waals surface area (Å²) in [7, 11) is 3.60. The first-order chi connectivity index (χ1) is 10.1. The van der Waals surface area contributed by atoms with Gasteiger partial charge in [-0.2, -0.15) is 0 Å². The van der Waals surface area contributed by atoms with Crippen molar-refractivity contribution in [2.75, 3.05) is 14.2 Å². The molecule has 112 valence electrons. The summed E-state index contributed by atoms with van der Waals surface area (Å²) in [4.78, 5) is 0. The predicted molar refractivity (Wildman–Crippen MR) is 87.3 cm³/mol. The van der Waals surface area contributed by atoms with Crippen LogP contribution in [0.3, 0.4) is 0 Å². The van der Waals surface area contributed by atoms with Crippen molar-refractivity contribution < 1.29 is 9.13 Å². The third-order valence-corrected chi connectivity index (χ3v) is 4.31. The quantitative estimate of drug-likeness (QED) is 0.850. The standard InChI is InChI=1S/C17H19BrFNO/c1-20-15(10-12-5-3-4-6-17(12)21-2)11-13-9-14(19)7-8-16(13)18/h3-9,15,20H,10-11H2,1-2H3. The summed E-state index contributed by atoms with van der Waals surface area (Å²) in [6, 6.07) is 13.0. The Hall–Kier alpha value is -1.39. The molecule has 2 rings (SSSR count). The van der Waals surface area contributed by atoms with Gasteiger partial charge in [0.25, 0.3) is 0 Å². The van der Waals surface area contributed by atoms with E-state index >= 15 is 0 Å². The number of methoxy groups -OCH3 is 1. The maximum absolute atomic E-state index is 13.4. The first-order valence-corrected chi connectivity index (χ1v) is 7.66. The fourth-order valence-electron chi connectivity index (χ4n) is 2.38. The van der Waals surface area contributed by atoms with Gasteiger partial charge in [0.05, 0.1) is 7.11 Å². The Labute approximate surface area is 133 Å². The number of rotatable bonds is 6. The third-order valence-electron chi connectivity index (χ3n) is 3.54. The molecular formula is C17H19BrFNO. The average Bonchev–Trinajstić information content (AvgIpc) is 2.50. The molecule has 0 aliphatic rings. The Bertz CT molecular complexity index is 603. The van der Waals surface area contributed by atoms with Gasteiger partial charge in [0.2, 0.25) is 0 Å². The van der Waals surface area contributed by atoms with E-state index in [0.29, 0.717) is 0 Å². The largest absolute Gasteiger partial charge is 0.496 e. The molecule has 2 aromatic carbocycles. The number of para-hydroxylation sites is 1. The van der Waals surface area contributed by atoms with Crippen molar-refractivity contribution in [1.82, 2.24) is 5.32 Å². The smallest absolute Gasteiger partial charge is 0.123 e. The fraction of sp³-hybridized carbons (Fsp3) is 0.294. The fourth-order valence-corrected chi connectivity index (χ4v) is 2.79. The van der Waals surface area contributed by atoms with E-state index < -0.39 is 0 Å². The van der Waals surface area contributed by atoms with E-state index in [1.165, 1.54) is 6.07 Å². The molecule has 2 nitrogen and oxygen atoms in total. The van der Waals surface area contributed by atoms with E-state index in [9.17, 15) is 4.39 Å². The Balaban J connectivity index is 2.15. The first kappa shape index (κ1) is 16.0. The molecule has 0 saturated heterocycles. The van der Waals surface area contributed by atoms with E-state index in [4.69, 9.17) is 4.74 Å². The minimum Gasteiger partial charge on any atom is -0.496 e. The molecule has 0 fully saturated rings. The number of halogens is 2. The van der Waals surface area contributed by atoms with E-state index in [2.05, 4.69) is 27.3 Å². The molecule has 0 bridgehead atoms. The van der Waals surface area contributed by atoms with Gasteiger partial charge in [-0.05, 0) is 55.3 Å². The normalized spacial score (nSPS) is 12.2. The van der Waals surface area contributed by atoms with Crippen LogP contribution in [-0.4, -0.2) is 20.2 Å². The minimum atomic E-state index is -0.208. The molecule has 0 heterocycles. The van der Waals surface area contributed by atoms with Crippen LogP contribution in [0.2, 0.25) is 0 Å². The highest BCUT2D eigenvalue weighted by molar-refractivity contribution is 9.10. The summed E-state index contributed by atoms with van der Waals surface area (Å²) in [5.74, 6) is 0.677. The van der Waals surface area contributed by atoms with Crippen LogP contribution in [0.1, 0.15) is 11.1 Å². The monoisotopic (exact) mass is 351 g/mol. The number of nitrogens with one attached hydrogen (secondary N) is 1. The van der Waals surface area contributed by atoms with Gasteiger partial charge in [0.15, 0.2) is 0 Å². The second kappa shape index (κ2) is 7.57. The lowest BCUT2D eigenvalue weighted by Crippen LogP contribution is -2.30. The van der Waals surface area contributed by atoms with Crippen LogP contribution < -0.4 is 10.1 Å². The Morgan fingerprint density at radius 3 is 2.57 bits per heavy atom. The van der Waals surface area contributed by atoms with Crippen LogP contribution in [-0.2, 0) is 12.8 Å². The van der Waals surface area contributed by atoms with Gasteiger partial charge in [-0.25, -0.2) is 4.39 Å². The van der Waals surface area contributed by atoms with Gasteiger partial charge >= 0.3 is 0 Å².